The normalized spacial score (nSPS) is 17.3. The Hall–Kier alpha value is -4.80. The van der Waals surface area contributed by atoms with Crippen molar-refractivity contribution in [3.05, 3.63) is 143 Å². The molecule has 1 aliphatic heterocycles. The molecule has 214 valence electrons. The summed E-state index contributed by atoms with van der Waals surface area (Å²) in [7, 11) is 0. The quantitative estimate of drug-likeness (QED) is 0.125. The maximum absolute atomic E-state index is 13.8. The number of nitrogens with zero attached hydrogens (tertiary/aromatic N) is 2. The van der Waals surface area contributed by atoms with Crippen molar-refractivity contribution in [2.75, 3.05) is 15.5 Å². The minimum Gasteiger partial charge on any atom is -0.325 e. The van der Waals surface area contributed by atoms with Crippen molar-refractivity contribution in [1.82, 2.24) is 0 Å². The van der Waals surface area contributed by atoms with E-state index >= 15 is 0 Å². The Morgan fingerprint density at radius 2 is 1.58 bits per heavy atom. The van der Waals surface area contributed by atoms with Crippen molar-refractivity contribution in [2.45, 2.75) is 26.3 Å². The van der Waals surface area contributed by atoms with E-state index in [4.69, 9.17) is 0 Å². The molecular weight excluding hydrogens is 581 g/mol. The van der Waals surface area contributed by atoms with Gasteiger partial charge in [0, 0.05) is 33.3 Å². The van der Waals surface area contributed by atoms with Gasteiger partial charge in [0.25, 0.3) is 5.69 Å². The summed E-state index contributed by atoms with van der Waals surface area (Å²) in [6, 6.07) is 30.1. The van der Waals surface area contributed by atoms with Crippen molar-refractivity contribution < 1.29 is 14.5 Å². The van der Waals surface area contributed by atoms with Crippen LogP contribution in [0.4, 0.5) is 27.5 Å². The smallest absolute Gasteiger partial charge is 0.325 e. The minimum atomic E-state index is -0.617. The van der Waals surface area contributed by atoms with Gasteiger partial charge in [-0.1, -0.05) is 72.8 Å². The molecule has 0 bridgehead atoms. The number of nitro benzene ring substituents is 1. The molecule has 4 aromatic carbocycles. The van der Waals surface area contributed by atoms with E-state index in [9.17, 15) is 19.7 Å². The van der Waals surface area contributed by atoms with Crippen LogP contribution in [-0.4, -0.2) is 28.2 Å². The third-order valence-electron chi connectivity index (χ3n) is 6.99. The predicted molar refractivity (Wildman–Crippen MR) is 173 cm³/mol. The third kappa shape index (κ3) is 6.35. The molecule has 2 N–H and O–H groups in total. The molecule has 43 heavy (non-hydrogen) atoms. The first-order valence-corrected chi connectivity index (χ1v) is 15.3. The van der Waals surface area contributed by atoms with E-state index in [1.807, 2.05) is 97.1 Å². The number of amides is 3. The van der Waals surface area contributed by atoms with E-state index in [1.165, 1.54) is 36.0 Å². The van der Waals surface area contributed by atoms with Crippen molar-refractivity contribution >= 4 is 58.2 Å². The Morgan fingerprint density at radius 1 is 0.837 bits per heavy atom. The van der Waals surface area contributed by atoms with Crippen LogP contribution >= 0.6 is 23.5 Å². The minimum absolute atomic E-state index is 0.0517. The number of hydrogen-bond acceptors (Lipinski definition) is 6. The van der Waals surface area contributed by atoms with Crippen LogP contribution in [-0.2, 0) is 4.79 Å². The number of urea groups is 1. The molecule has 1 heterocycles. The fourth-order valence-corrected chi connectivity index (χ4v) is 7.31. The molecule has 0 saturated heterocycles. The van der Waals surface area contributed by atoms with Crippen LogP contribution in [0.5, 0.6) is 0 Å². The fourth-order valence-electron chi connectivity index (χ4n) is 4.97. The second-order valence-electron chi connectivity index (χ2n) is 9.84. The molecule has 10 heteroatoms. The molecule has 0 saturated carbocycles. The summed E-state index contributed by atoms with van der Waals surface area (Å²) in [5, 5.41) is 16.5. The number of non-ortho nitro benzene ring substituents is 1. The van der Waals surface area contributed by atoms with Crippen LogP contribution in [0.25, 0.3) is 0 Å². The Balaban J connectivity index is 1.22. The van der Waals surface area contributed by atoms with E-state index in [-0.39, 0.29) is 28.9 Å². The van der Waals surface area contributed by atoms with Crippen LogP contribution in [0.1, 0.15) is 10.8 Å². The van der Waals surface area contributed by atoms with Crippen LogP contribution in [0.3, 0.4) is 0 Å². The lowest BCUT2D eigenvalue weighted by Crippen LogP contribution is -2.49. The lowest BCUT2D eigenvalue weighted by molar-refractivity contribution is -0.384. The molecule has 3 atom stereocenters. The molecule has 0 radical (unpaired) electrons. The SMILES string of the molecule is O=C(Nc1ccc([N+](=O)[O-])cc1)C(Sc1cccc(NC(=O)N2c3ccccc3SC3C=CC=CC32)c1)c1ccccc1. The first-order chi connectivity index (χ1) is 21.0. The van der Waals surface area contributed by atoms with Gasteiger partial charge in [-0.2, -0.15) is 0 Å². The van der Waals surface area contributed by atoms with Gasteiger partial charge in [0.05, 0.1) is 21.9 Å². The van der Waals surface area contributed by atoms with Crippen LogP contribution in [0.15, 0.2) is 137 Å². The summed E-state index contributed by atoms with van der Waals surface area (Å²) in [5.41, 5.74) is 2.68. The Labute approximate surface area is 257 Å². The summed E-state index contributed by atoms with van der Waals surface area (Å²) >= 11 is 3.10. The standard InChI is InChI=1S/C33H26N4O4S2/c38-32(34-23-17-19-25(20-18-23)37(40)41)31(22-9-2-1-3-10-22)42-26-12-8-11-24(21-26)35-33(39)36-27-13-4-6-15-29(27)43-30-16-7-5-14-28(30)36/h1-21,27,29,31H,(H,34,38)(H,35,39). The fraction of sp³-hybridized carbons (Fsp3) is 0.0909. The van der Waals surface area contributed by atoms with Gasteiger partial charge in [0.2, 0.25) is 5.91 Å². The second-order valence-corrected chi connectivity index (χ2v) is 12.2. The molecule has 6 rings (SSSR count). The number of rotatable bonds is 7. The third-order valence-corrected chi connectivity index (χ3v) is 9.54. The number of allylic oxidation sites excluding steroid dienone is 2. The van der Waals surface area contributed by atoms with Gasteiger partial charge in [-0.3, -0.25) is 19.8 Å². The first-order valence-electron chi connectivity index (χ1n) is 13.5. The van der Waals surface area contributed by atoms with Gasteiger partial charge < -0.3 is 10.6 Å². The Kier molecular flexibility index (Phi) is 8.30. The topological polar surface area (TPSA) is 105 Å². The highest BCUT2D eigenvalue weighted by Gasteiger charge is 2.36. The number of nitro groups is 1. The van der Waals surface area contributed by atoms with Crippen molar-refractivity contribution in [1.29, 1.82) is 0 Å². The molecule has 2 aliphatic rings. The summed E-state index contributed by atoms with van der Waals surface area (Å²) in [6.45, 7) is 0. The maximum Gasteiger partial charge on any atom is 0.326 e. The zero-order valence-electron chi connectivity index (χ0n) is 22.7. The first kappa shape index (κ1) is 28.3. The van der Waals surface area contributed by atoms with E-state index in [0.717, 1.165) is 21.0 Å². The molecule has 3 unspecified atom stereocenters. The number of carbonyl (C=O) groups excluding carboxylic acids is 2. The van der Waals surface area contributed by atoms with Crippen LogP contribution in [0.2, 0.25) is 0 Å². The average Bonchev–Trinajstić information content (AvgIpc) is 3.03. The second kappa shape index (κ2) is 12.6. The van der Waals surface area contributed by atoms with Crippen LogP contribution in [0, 0.1) is 10.1 Å². The molecule has 0 aromatic heterocycles. The lowest BCUT2D eigenvalue weighted by Gasteiger charge is -2.40. The van der Waals surface area contributed by atoms with Gasteiger partial charge in [0.1, 0.15) is 5.25 Å². The van der Waals surface area contributed by atoms with Crippen LogP contribution < -0.4 is 15.5 Å². The Bertz CT molecular complexity index is 1730. The average molecular weight is 607 g/mol. The molecule has 0 fully saturated rings. The van der Waals surface area contributed by atoms with Gasteiger partial charge >= 0.3 is 6.03 Å². The highest BCUT2D eigenvalue weighted by atomic mass is 32.2. The monoisotopic (exact) mass is 606 g/mol. The van der Waals surface area contributed by atoms with Crippen molar-refractivity contribution in [3.8, 4) is 0 Å². The predicted octanol–water partition coefficient (Wildman–Crippen LogP) is 8.07. The summed E-state index contributed by atoms with van der Waals surface area (Å²) in [6.07, 6.45) is 8.15. The lowest BCUT2D eigenvalue weighted by atomic mass is 10.1. The number of para-hydroxylation sites is 1. The molecular formula is C33H26N4O4S2. The number of fused-ring (bicyclic) bond motifs is 2. The highest BCUT2D eigenvalue weighted by molar-refractivity contribution is 8.00. The molecule has 8 nitrogen and oxygen atoms in total. The van der Waals surface area contributed by atoms with Gasteiger partial charge in [0.15, 0.2) is 0 Å². The highest BCUT2D eigenvalue weighted by Crippen LogP contribution is 2.44. The summed E-state index contributed by atoms with van der Waals surface area (Å²) in [5.74, 6) is -0.273. The van der Waals surface area contributed by atoms with E-state index < -0.39 is 10.2 Å². The number of nitrogens with one attached hydrogen (secondary N) is 2. The van der Waals surface area contributed by atoms with E-state index in [1.54, 1.807) is 16.7 Å². The van der Waals surface area contributed by atoms with Gasteiger partial charge in [-0.25, -0.2) is 4.79 Å². The van der Waals surface area contributed by atoms with E-state index in [0.29, 0.717) is 11.4 Å². The molecule has 0 spiro atoms. The number of hydrogen-bond donors (Lipinski definition) is 2. The maximum atomic E-state index is 13.8. The van der Waals surface area contributed by atoms with Crippen molar-refractivity contribution in [3.63, 3.8) is 0 Å². The van der Waals surface area contributed by atoms with Gasteiger partial charge in [-0.05, 0) is 48.0 Å². The summed E-state index contributed by atoms with van der Waals surface area (Å²) < 4.78 is 0. The number of benzene rings is 4. The zero-order valence-corrected chi connectivity index (χ0v) is 24.3. The molecule has 1 aliphatic carbocycles. The zero-order chi connectivity index (χ0) is 29.8. The van der Waals surface area contributed by atoms with E-state index in [2.05, 4.69) is 16.7 Å². The molecule has 4 aromatic rings. The number of thioether (sulfide) groups is 2. The molecule has 3 amide bonds. The van der Waals surface area contributed by atoms with Gasteiger partial charge in [-0.15, -0.1) is 23.5 Å². The number of anilines is 3. The largest absolute Gasteiger partial charge is 0.326 e. The Morgan fingerprint density at radius 3 is 2.37 bits per heavy atom. The van der Waals surface area contributed by atoms with Crippen molar-refractivity contribution in [2.24, 2.45) is 0 Å². The summed E-state index contributed by atoms with van der Waals surface area (Å²) in [4.78, 5) is 41.4. The number of carbonyl (C=O) groups is 2.